The highest BCUT2D eigenvalue weighted by molar-refractivity contribution is 5.83. The zero-order valence-corrected chi connectivity index (χ0v) is 12.4. The number of aliphatic hydroxyl groups excluding tert-OH is 3. The minimum atomic E-state index is -2.27. The van der Waals surface area contributed by atoms with Crippen molar-refractivity contribution in [3.05, 3.63) is 35.4 Å². The average molecular weight is 328 g/mol. The number of aliphatic carboxylic acids is 2. The third-order valence-corrected chi connectivity index (χ3v) is 3.50. The molecular weight excluding hydrogens is 308 g/mol. The molecule has 0 fully saturated rings. The number of hydrazine groups is 1. The second-order valence-electron chi connectivity index (χ2n) is 5.15. The first-order valence-electron chi connectivity index (χ1n) is 6.72. The van der Waals surface area contributed by atoms with Crippen LogP contribution in [0.1, 0.15) is 17.2 Å². The van der Waals surface area contributed by atoms with Gasteiger partial charge in [-0.1, -0.05) is 24.3 Å². The van der Waals surface area contributed by atoms with E-state index in [1.54, 1.807) is 12.1 Å². The Balaban J connectivity index is 0.000000241. The molecule has 1 aliphatic rings. The quantitative estimate of drug-likeness (QED) is 0.280. The molecule has 23 heavy (non-hydrogen) atoms. The molecule has 1 aliphatic carbocycles. The number of benzene rings is 1. The van der Waals surface area contributed by atoms with Crippen LogP contribution in [0, 0.1) is 0 Å². The van der Waals surface area contributed by atoms with E-state index in [1.807, 2.05) is 24.3 Å². The van der Waals surface area contributed by atoms with Crippen LogP contribution in [0.25, 0.3) is 0 Å². The van der Waals surface area contributed by atoms with Crippen LogP contribution in [-0.4, -0.2) is 67.8 Å². The first-order chi connectivity index (χ1) is 10.7. The molecule has 0 radical (unpaired) electrons. The van der Waals surface area contributed by atoms with Crippen molar-refractivity contribution in [3.8, 4) is 0 Å². The fraction of sp³-hybridized carbons (Fsp3) is 0.429. The summed E-state index contributed by atoms with van der Waals surface area (Å²) < 4.78 is 0. The van der Waals surface area contributed by atoms with Crippen LogP contribution < -0.4 is 5.84 Å². The molecule has 0 spiro atoms. The molecule has 0 amide bonds. The summed E-state index contributed by atoms with van der Waals surface area (Å²) in [6, 6.07) is 7.97. The molecule has 9 nitrogen and oxygen atoms in total. The minimum absolute atomic E-state index is 0.0254. The summed E-state index contributed by atoms with van der Waals surface area (Å²) in [6.45, 7) is 0. The number of aliphatic hydroxyl groups is 3. The first-order valence-corrected chi connectivity index (χ1v) is 6.72. The zero-order chi connectivity index (χ0) is 17.7. The Bertz CT molecular complexity index is 546. The summed E-state index contributed by atoms with van der Waals surface area (Å²) >= 11 is 0. The van der Waals surface area contributed by atoms with E-state index in [4.69, 9.17) is 26.3 Å². The molecule has 1 aromatic carbocycles. The van der Waals surface area contributed by atoms with Crippen LogP contribution in [0.15, 0.2) is 24.3 Å². The number of nitrogens with zero attached hydrogens (tertiary/aromatic N) is 1. The second-order valence-corrected chi connectivity index (χ2v) is 5.15. The van der Waals surface area contributed by atoms with E-state index in [0.717, 1.165) is 12.0 Å². The number of carboxylic acids is 2. The molecule has 7 N–H and O–H groups in total. The molecule has 4 atom stereocenters. The zero-order valence-electron chi connectivity index (χ0n) is 12.4. The van der Waals surface area contributed by atoms with Gasteiger partial charge in [0.15, 0.2) is 12.2 Å². The van der Waals surface area contributed by atoms with E-state index in [2.05, 4.69) is 0 Å². The Kier molecular flexibility index (Phi) is 6.61. The Morgan fingerprint density at radius 3 is 2.04 bits per heavy atom. The second kappa shape index (κ2) is 7.99. The smallest absolute Gasteiger partial charge is 0.335 e. The molecule has 9 heteroatoms. The van der Waals surface area contributed by atoms with Gasteiger partial charge in [0.05, 0.1) is 12.1 Å². The van der Waals surface area contributed by atoms with Crippen LogP contribution in [0.3, 0.4) is 0 Å². The molecule has 128 valence electrons. The van der Waals surface area contributed by atoms with Crippen LogP contribution in [-0.2, 0) is 16.0 Å². The number of nitrogens with two attached hydrogens (primary N) is 1. The monoisotopic (exact) mass is 328 g/mol. The van der Waals surface area contributed by atoms with Crippen LogP contribution in [0.2, 0.25) is 0 Å². The van der Waals surface area contributed by atoms with Gasteiger partial charge >= 0.3 is 11.9 Å². The van der Waals surface area contributed by atoms with Crippen molar-refractivity contribution >= 4 is 11.9 Å². The highest BCUT2D eigenvalue weighted by Gasteiger charge is 2.32. The summed E-state index contributed by atoms with van der Waals surface area (Å²) in [5.74, 6) is 2.10. The van der Waals surface area contributed by atoms with E-state index in [0.29, 0.717) is 0 Å². The van der Waals surface area contributed by atoms with Gasteiger partial charge in [-0.15, -0.1) is 0 Å². The van der Waals surface area contributed by atoms with Crippen molar-refractivity contribution < 1.29 is 35.1 Å². The van der Waals surface area contributed by atoms with Gasteiger partial charge in [0.1, 0.15) is 0 Å². The van der Waals surface area contributed by atoms with Crippen molar-refractivity contribution in [3.63, 3.8) is 0 Å². The molecule has 0 saturated carbocycles. The van der Waals surface area contributed by atoms with Gasteiger partial charge in [-0.05, 0) is 17.5 Å². The lowest BCUT2D eigenvalue weighted by Gasteiger charge is -2.21. The summed E-state index contributed by atoms with van der Waals surface area (Å²) in [5, 5.41) is 44.0. The third kappa shape index (κ3) is 4.71. The molecule has 0 bridgehead atoms. The van der Waals surface area contributed by atoms with Gasteiger partial charge in [-0.25, -0.2) is 14.6 Å². The number of carbonyl (C=O) groups is 2. The maximum Gasteiger partial charge on any atom is 0.335 e. The first kappa shape index (κ1) is 19.0. The summed E-state index contributed by atoms with van der Waals surface area (Å²) in [4.78, 5) is 19.5. The SMILES string of the molecule is CN(N)[C@@H]1Cc2ccccc2[C@H]1O.O=C(O)[C@@H](O)[C@H](O)C(=O)O. The lowest BCUT2D eigenvalue weighted by Crippen LogP contribution is -2.40. The van der Waals surface area contributed by atoms with Crippen molar-refractivity contribution in [2.24, 2.45) is 5.84 Å². The summed E-state index contributed by atoms with van der Waals surface area (Å²) in [6.07, 6.45) is -4.13. The number of fused-ring (bicyclic) bond motifs is 1. The summed E-state index contributed by atoms with van der Waals surface area (Å²) in [7, 11) is 1.79. The van der Waals surface area contributed by atoms with E-state index in [9.17, 15) is 14.7 Å². The molecule has 0 aliphatic heterocycles. The molecule has 0 saturated heterocycles. The van der Waals surface area contributed by atoms with Gasteiger partial charge in [0.2, 0.25) is 0 Å². The summed E-state index contributed by atoms with van der Waals surface area (Å²) in [5.41, 5.74) is 2.22. The number of hydrogen-bond donors (Lipinski definition) is 6. The van der Waals surface area contributed by atoms with Gasteiger partial charge in [-0.2, -0.15) is 0 Å². The maximum absolute atomic E-state index is 9.89. The van der Waals surface area contributed by atoms with Crippen molar-refractivity contribution in [1.29, 1.82) is 0 Å². The molecule has 2 rings (SSSR count). The Morgan fingerprint density at radius 1 is 1.17 bits per heavy atom. The van der Waals surface area contributed by atoms with E-state index in [1.165, 1.54) is 5.56 Å². The lowest BCUT2D eigenvalue weighted by molar-refractivity contribution is -0.165. The highest BCUT2D eigenvalue weighted by Crippen LogP contribution is 2.32. The number of hydrogen-bond acceptors (Lipinski definition) is 7. The normalized spacial score (nSPS) is 21.8. The molecule has 0 unspecified atom stereocenters. The fourth-order valence-electron chi connectivity index (χ4n) is 2.19. The van der Waals surface area contributed by atoms with Crippen LogP contribution in [0.4, 0.5) is 0 Å². The predicted molar refractivity (Wildman–Crippen MR) is 78.1 cm³/mol. The molecule has 1 aromatic rings. The van der Waals surface area contributed by atoms with Gasteiger partial charge in [-0.3, -0.25) is 5.84 Å². The van der Waals surface area contributed by atoms with Gasteiger partial charge < -0.3 is 25.5 Å². The Labute approximate surface area is 132 Å². The Morgan fingerprint density at radius 2 is 1.65 bits per heavy atom. The fourth-order valence-corrected chi connectivity index (χ4v) is 2.19. The van der Waals surface area contributed by atoms with Crippen molar-refractivity contribution in [2.45, 2.75) is 30.8 Å². The third-order valence-electron chi connectivity index (χ3n) is 3.50. The molecular formula is C14H20N2O7. The van der Waals surface area contributed by atoms with Crippen molar-refractivity contribution in [2.75, 3.05) is 7.05 Å². The minimum Gasteiger partial charge on any atom is -0.479 e. The number of carboxylic acid groups (broad SMARTS) is 2. The van der Waals surface area contributed by atoms with Gasteiger partial charge in [0.25, 0.3) is 0 Å². The lowest BCUT2D eigenvalue weighted by atomic mass is 10.1. The average Bonchev–Trinajstić information content (AvgIpc) is 2.84. The van der Waals surface area contributed by atoms with Gasteiger partial charge in [0, 0.05) is 7.05 Å². The topological polar surface area (TPSA) is 165 Å². The van der Waals surface area contributed by atoms with Crippen molar-refractivity contribution in [1.82, 2.24) is 5.01 Å². The Hall–Kier alpha value is -2.04. The predicted octanol–water partition coefficient (Wildman–Crippen LogP) is -1.67. The molecule has 0 aromatic heterocycles. The van der Waals surface area contributed by atoms with Crippen LogP contribution >= 0.6 is 0 Å². The van der Waals surface area contributed by atoms with E-state index in [-0.39, 0.29) is 6.04 Å². The standard InChI is InChI=1S/C10H14N2O.C4H6O6/c1-12(11)9-6-7-4-2-3-5-8(7)10(9)13;5-1(3(7)8)2(6)4(9)10/h2-5,9-10,13H,6,11H2,1H3;1-2,5-6H,(H,7,8)(H,9,10)/t9-,10-;1-,2-/m10/s1. The van der Waals surface area contributed by atoms with E-state index >= 15 is 0 Å². The van der Waals surface area contributed by atoms with E-state index < -0.39 is 30.3 Å². The highest BCUT2D eigenvalue weighted by atomic mass is 16.4. The number of rotatable bonds is 4. The maximum atomic E-state index is 9.89. The molecule has 0 heterocycles. The largest absolute Gasteiger partial charge is 0.479 e. The number of likely N-dealkylation sites (N-methyl/N-ethyl adjacent to an activating group) is 1. The van der Waals surface area contributed by atoms with Crippen LogP contribution in [0.5, 0.6) is 0 Å².